The van der Waals surface area contributed by atoms with E-state index >= 15 is 0 Å². The van der Waals surface area contributed by atoms with Crippen molar-refractivity contribution < 1.29 is 4.79 Å². The van der Waals surface area contributed by atoms with E-state index in [1.165, 1.54) is 0 Å². The van der Waals surface area contributed by atoms with Crippen LogP contribution in [0.25, 0.3) is 0 Å². The first-order valence-electron chi connectivity index (χ1n) is 10.2. The van der Waals surface area contributed by atoms with Crippen LogP contribution in [0.2, 0.25) is 0 Å². The van der Waals surface area contributed by atoms with E-state index in [1.807, 2.05) is 59.6 Å². The topological polar surface area (TPSA) is 57.3 Å². The molecule has 1 aliphatic rings. The Bertz CT molecular complexity index is 987. The minimum absolute atomic E-state index is 0.154. The number of rotatable bonds is 8. The number of hydrogen-bond acceptors (Lipinski definition) is 4. The molecule has 29 heavy (non-hydrogen) atoms. The second kappa shape index (κ2) is 8.78. The molecule has 2 N–H and O–H groups in total. The van der Waals surface area contributed by atoms with Crippen molar-refractivity contribution in [1.82, 2.24) is 9.88 Å². The molecule has 1 amide bonds. The third-order valence-electron chi connectivity index (χ3n) is 5.21. The molecule has 2 heterocycles. The number of anilines is 3. The largest absolute Gasteiger partial charge is 0.381 e. The van der Waals surface area contributed by atoms with E-state index in [0.29, 0.717) is 13.1 Å². The molecule has 0 fully saturated rings. The number of carbonyl (C=O) groups is 1. The fourth-order valence-electron chi connectivity index (χ4n) is 3.58. The van der Waals surface area contributed by atoms with Crippen LogP contribution in [0.4, 0.5) is 17.1 Å². The number of pyridine rings is 1. The zero-order valence-corrected chi connectivity index (χ0v) is 16.7. The second-order valence-electron chi connectivity index (χ2n) is 7.33. The van der Waals surface area contributed by atoms with E-state index in [1.54, 1.807) is 6.20 Å². The summed E-state index contributed by atoms with van der Waals surface area (Å²) in [6, 6.07) is 18.1. The number of nitrogens with zero attached hydrogens (tertiary/aromatic N) is 2. The van der Waals surface area contributed by atoms with Crippen LogP contribution in [-0.2, 0) is 13.1 Å². The number of nitrogens with one attached hydrogen (secondary N) is 2. The Labute approximate surface area is 171 Å². The van der Waals surface area contributed by atoms with Gasteiger partial charge >= 0.3 is 0 Å². The van der Waals surface area contributed by atoms with Gasteiger partial charge in [-0.2, -0.15) is 0 Å². The van der Waals surface area contributed by atoms with Crippen molar-refractivity contribution in [3.8, 4) is 0 Å². The molecule has 0 radical (unpaired) electrons. The van der Waals surface area contributed by atoms with Crippen molar-refractivity contribution in [2.75, 3.05) is 17.2 Å². The monoisotopic (exact) mass is 386 g/mol. The highest BCUT2D eigenvalue weighted by Gasteiger charge is 2.26. The molecule has 4 rings (SSSR count). The average Bonchev–Trinajstić information content (AvgIpc) is 3.07. The zero-order valence-electron chi connectivity index (χ0n) is 16.7. The van der Waals surface area contributed by atoms with Gasteiger partial charge in [-0.25, -0.2) is 0 Å². The highest BCUT2D eigenvalue weighted by molar-refractivity contribution is 5.98. The van der Waals surface area contributed by atoms with Gasteiger partial charge in [-0.15, -0.1) is 0 Å². The number of unbranched alkanes of at least 4 members (excludes halogenated alkanes) is 1. The Hall–Kier alpha value is -3.34. The number of hydrogen-bond donors (Lipinski definition) is 2. The Balaban J connectivity index is 1.44. The van der Waals surface area contributed by atoms with Gasteiger partial charge in [-0.1, -0.05) is 31.5 Å². The highest BCUT2D eigenvalue weighted by atomic mass is 16.2. The standard InChI is InChI=1S/C24H26N4O/c1-2-3-13-28-17-18-14-21(9-10-22(18)24(28)29)26-16-19-15-25-12-11-23(19)27-20-7-5-4-6-8-20/h4-12,14-15,26H,2-3,13,16-17H2,1H3,(H,25,27). The first-order valence-corrected chi connectivity index (χ1v) is 10.2. The molecule has 0 bridgehead atoms. The van der Waals surface area contributed by atoms with E-state index in [-0.39, 0.29) is 5.91 Å². The van der Waals surface area contributed by atoms with Crippen LogP contribution < -0.4 is 10.6 Å². The van der Waals surface area contributed by atoms with Gasteiger partial charge < -0.3 is 15.5 Å². The molecule has 0 aliphatic carbocycles. The van der Waals surface area contributed by atoms with Crippen LogP contribution in [0.15, 0.2) is 67.0 Å². The number of para-hydroxylation sites is 1. The fraction of sp³-hybridized carbons (Fsp3) is 0.250. The van der Waals surface area contributed by atoms with Gasteiger partial charge in [0, 0.05) is 60.2 Å². The maximum atomic E-state index is 12.5. The molecule has 148 valence electrons. The first-order chi connectivity index (χ1) is 14.2. The third kappa shape index (κ3) is 4.40. The van der Waals surface area contributed by atoms with Crippen molar-refractivity contribution in [3.63, 3.8) is 0 Å². The Kier molecular flexibility index (Phi) is 5.75. The van der Waals surface area contributed by atoms with Gasteiger partial charge in [0.2, 0.25) is 0 Å². The van der Waals surface area contributed by atoms with Crippen LogP contribution in [0.1, 0.15) is 41.3 Å². The van der Waals surface area contributed by atoms with Crippen LogP contribution in [0.3, 0.4) is 0 Å². The van der Waals surface area contributed by atoms with E-state index in [4.69, 9.17) is 0 Å². The predicted octanol–water partition coefficient (Wildman–Crippen LogP) is 5.19. The molecule has 5 heteroatoms. The molecular formula is C24H26N4O. The van der Waals surface area contributed by atoms with Crippen molar-refractivity contribution in [1.29, 1.82) is 0 Å². The fourth-order valence-corrected chi connectivity index (χ4v) is 3.58. The lowest BCUT2D eigenvalue weighted by molar-refractivity contribution is 0.0776. The van der Waals surface area contributed by atoms with Crippen molar-refractivity contribution in [2.45, 2.75) is 32.9 Å². The first kappa shape index (κ1) is 19.0. The molecule has 5 nitrogen and oxygen atoms in total. The van der Waals surface area contributed by atoms with Gasteiger partial charge in [0.05, 0.1) is 0 Å². The van der Waals surface area contributed by atoms with Gasteiger partial charge in [-0.05, 0) is 48.4 Å². The van der Waals surface area contributed by atoms with Crippen molar-refractivity contribution >= 4 is 23.0 Å². The molecule has 1 aliphatic heterocycles. The van der Waals surface area contributed by atoms with E-state index < -0.39 is 0 Å². The number of amides is 1. The second-order valence-corrected chi connectivity index (χ2v) is 7.33. The molecule has 0 saturated heterocycles. The molecule has 0 unspecified atom stereocenters. The Morgan fingerprint density at radius 1 is 1.07 bits per heavy atom. The van der Waals surface area contributed by atoms with E-state index in [9.17, 15) is 4.79 Å². The summed E-state index contributed by atoms with van der Waals surface area (Å²) in [4.78, 5) is 18.7. The van der Waals surface area contributed by atoms with Crippen LogP contribution in [-0.4, -0.2) is 22.3 Å². The summed E-state index contributed by atoms with van der Waals surface area (Å²) in [5.74, 6) is 0.154. The van der Waals surface area contributed by atoms with Crippen molar-refractivity contribution in [3.05, 3.63) is 83.7 Å². The predicted molar refractivity (Wildman–Crippen MR) is 117 cm³/mol. The van der Waals surface area contributed by atoms with Gasteiger partial charge in [0.25, 0.3) is 5.91 Å². The minimum Gasteiger partial charge on any atom is -0.381 e. The lowest BCUT2D eigenvalue weighted by Gasteiger charge is -2.14. The molecule has 3 aromatic rings. The Morgan fingerprint density at radius 2 is 1.93 bits per heavy atom. The SMILES string of the molecule is CCCCN1Cc2cc(NCc3cnccc3Nc3ccccc3)ccc2C1=O. The van der Waals surface area contributed by atoms with Crippen molar-refractivity contribution in [2.24, 2.45) is 0 Å². The van der Waals surface area contributed by atoms with Crippen LogP contribution >= 0.6 is 0 Å². The average molecular weight is 386 g/mol. The van der Waals surface area contributed by atoms with Crippen LogP contribution in [0.5, 0.6) is 0 Å². The smallest absolute Gasteiger partial charge is 0.254 e. The van der Waals surface area contributed by atoms with Gasteiger partial charge in [0.15, 0.2) is 0 Å². The molecular weight excluding hydrogens is 360 g/mol. The quantitative estimate of drug-likeness (QED) is 0.559. The number of aromatic nitrogens is 1. The summed E-state index contributed by atoms with van der Waals surface area (Å²) >= 11 is 0. The molecule has 0 saturated carbocycles. The van der Waals surface area contributed by atoms with E-state index in [2.05, 4.69) is 28.6 Å². The summed E-state index contributed by atoms with van der Waals surface area (Å²) in [5, 5.41) is 6.93. The normalized spacial score (nSPS) is 12.7. The van der Waals surface area contributed by atoms with Gasteiger partial charge in [0.1, 0.15) is 0 Å². The number of fused-ring (bicyclic) bond motifs is 1. The minimum atomic E-state index is 0.154. The summed E-state index contributed by atoms with van der Waals surface area (Å²) in [6.45, 7) is 4.33. The molecule has 1 aromatic heterocycles. The molecule has 0 spiro atoms. The number of benzene rings is 2. The summed E-state index contributed by atoms with van der Waals surface area (Å²) < 4.78 is 0. The van der Waals surface area contributed by atoms with Crippen LogP contribution in [0, 0.1) is 0 Å². The van der Waals surface area contributed by atoms with Gasteiger partial charge in [-0.3, -0.25) is 9.78 Å². The summed E-state index contributed by atoms with van der Waals surface area (Å²) in [5.41, 5.74) is 6.11. The third-order valence-corrected chi connectivity index (χ3v) is 5.21. The lowest BCUT2D eigenvalue weighted by Crippen LogP contribution is -2.24. The molecule has 2 aromatic carbocycles. The molecule has 0 atom stereocenters. The maximum absolute atomic E-state index is 12.5. The zero-order chi connectivity index (χ0) is 20.1. The highest BCUT2D eigenvalue weighted by Crippen LogP contribution is 2.27. The summed E-state index contributed by atoms with van der Waals surface area (Å²) in [7, 11) is 0. The Morgan fingerprint density at radius 3 is 2.76 bits per heavy atom. The maximum Gasteiger partial charge on any atom is 0.254 e. The van der Waals surface area contributed by atoms with E-state index in [0.717, 1.165) is 53.1 Å². The number of carbonyl (C=O) groups excluding carboxylic acids is 1. The lowest BCUT2D eigenvalue weighted by atomic mass is 10.1. The summed E-state index contributed by atoms with van der Waals surface area (Å²) in [6.07, 6.45) is 5.81.